The number of hydrogen-bond donors (Lipinski definition) is 1. The average Bonchev–Trinajstić information content (AvgIpc) is 3.06. The number of amides is 1. The molecule has 0 spiro atoms. The second-order valence-corrected chi connectivity index (χ2v) is 6.50. The normalized spacial score (nSPS) is 16.5. The first-order valence-electron chi connectivity index (χ1n) is 7.36. The Morgan fingerprint density at radius 3 is 2.77 bits per heavy atom. The highest BCUT2D eigenvalue weighted by Crippen LogP contribution is 2.18. The summed E-state index contributed by atoms with van der Waals surface area (Å²) in [6, 6.07) is 9.59. The van der Waals surface area contributed by atoms with Gasteiger partial charge in [-0.05, 0) is 12.0 Å². The summed E-state index contributed by atoms with van der Waals surface area (Å²) in [5, 5.41) is 0. The van der Waals surface area contributed by atoms with Crippen molar-refractivity contribution < 1.29 is 9.21 Å². The number of rotatable bonds is 4. The van der Waals surface area contributed by atoms with Crippen LogP contribution in [0.1, 0.15) is 28.0 Å². The number of carbonyl (C=O) groups is 1. The highest BCUT2D eigenvalue weighted by atomic mass is 32.2. The zero-order valence-electron chi connectivity index (χ0n) is 12.3. The SMILES string of the molecule is NC(Cc1ccccc1)c1nc(C(=O)N2CCSCC2)co1. The second kappa shape index (κ2) is 6.98. The zero-order chi connectivity index (χ0) is 15.4. The molecule has 2 heterocycles. The van der Waals surface area contributed by atoms with Crippen LogP contribution in [0.25, 0.3) is 0 Å². The second-order valence-electron chi connectivity index (χ2n) is 5.27. The van der Waals surface area contributed by atoms with Gasteiger partial charge in [0.2, 0.25) is 5.89 Å². The summed E-state index contributed by atoms with van der Waals surface area (Å²) in [6.45, 7) is 1.53. The van der Waals surface area contributed by atoms with E-state index >= 15 is 0 Å². The van der Waals surface area contributed by atoms with E-state index in [1.165, 1.54) is 6.26 Å². The lowest BCUT2D eigenvalue weighted by atomic mass is 10.1. The van der Waals surface area contributed by atoms with Gasteiger partial charge in [-0.1, -0.05) is 30.3 Å². The molecule has 1 amide bonds. The number of oxazole rings is 1. The van der Waals surface area contributed by atoms with Gasteiger partial charge in [0.25, 0.3) is 5.91 Å². The maximum absolute atomic E-state index is 12.3. The van der Waals surface area contributed by atoms with Crippen molar-refractivity contribution >= 4 is 17.7 Å². The van der Waals surface area contributed by atoms with Gasteiger partial charge in [0.05, 0.1) is 6.04 Å². The van der Waals surface area contributed by atoms with Crippen molar-refractivity contribution in [3.63, 3.8) is 0 Å². The van der Waals surface area contributed by atoms with Crippen molar-refractivity contribution in [2.45, 2.75) is 12.5 Å². The van der Waals surface area contributed by atoms with E-state index in [-0.39, 0.29) is 11.9 Å². The van der Waals surface area contributed by atoms with Gasteiger partial charge in [-0.15, -0.1) is 0 Å². The molecule has 0 radical (unpaired) electrons. The Bertz CT molecular complexity index is 623. The Hall–Kier alpha value is -1.79. The molecule has 1 aliphatic heterocycles. The topological polar surface area (TPSA) is 72.4 Å². The molecule has 1 unspecified atom stereocenters. The smallest absolute Gasteiger partial charge is 0.275 e. The molecule has 2 aromatic rings. The molecular weight excluding hydrogens is 298 g/mol. The predicted molar refractivity (Wildman–Crippen MR) is 86.8 cm³/mol. The van der Waals surface area contributed by atoms with Crippen LogP contribution in [0.5, 0.6) is 0 Å². The van der Waals surface area contributed by atoms with E-state index in [0.717, 1.165) is 30.2 Å². The largest absolute Gasteiger partial charge is 0.446 e. The molecule has 1 fully saturated rings. The van der Waals surface area contributed by atoms with E-state index in [1.807, 2.05) is 47.0 Å². The molecule has 1 aromatic carbocycles. The molecule has 0 bridgehead atoms. The maximum atomic E-state index is 12.3. The fourth-order valence-corrected chi connectivity index (χ4v) is 3.34. The number of carbonyl (C=O) groups excluding carboxylic acids is 1. The molecule has 1 saturated heterocycles. The summed E-state index contributed by atoms with van der Waals surface area (Å²) in [5.74, 6) is 2.30. The van der Waals surface area contributed by atoms with Crippen LogP contribution in [-0.4, -0.2) is 40.4 Å². The van der Waals surface area contributed by atoms with Gasteiger partial charge in [0.1, 0.15) is 6.26 Å². The minimum atomic E-state index is -0.346. The van der Waals surface area contributed by atoms with Crippen LogP contribution < -0.4 is 5.73 Å². The number of benzene rings is 1. The van der Waals surface area contributed by atoms with E-state index in [2.05, 4.69) is 4.98 Å². The number of hydrogen-bond acceptors (Lipinski definition) is 5. The molecule has 22 heavy (non-hydrogen) atoms. The Balaban J connectivity index is 1.66. The van der Waals surface area contributed by atoms with Crippen LogP contribution in [0.4, 0.5) is 0 Å². The minimum Gasteiger partial charge on any atom is -0.446 e. The summed E-state index contributed by atoms with van der Waals surface area (Å²) < 4.78 is 5.42. The van der Waals surface area contributed by atoms with Crippen molar-refractivity contribution in [1.82, 2.24) is 9.88 Å². The average molecular weight is 317 g/mol. The van der Waals surface area contributed by atoms with Crippen LogP contribution in [0, 0.1) is 0 Å². The molecule has 116 valence electrons. The highest BCUT2D eigenvalue weighted by molar-refractivity contribution is 7.99. The lowest BCUT2D eigenvalue weighted by Gasteiger charge is -2.25. The van der Waals surface area contributed by atoms with Crippen LogP contribution in [-0.2, 0) is 6.42 Å². The van der Waals surface area contributed by atoms with Gasteiger partial charge in [0, 0.05) is 24.6 Å². The van der Waals surface area contributed by atoms with E-state index in [1.54, 1.807) is 0 Å². The molecule has 0 aliphatic carbocycles. The molecule has 1 atom stereocenters. The first kappa shape index (κ1) is 15.1. The molecule has 1 aliphatic rings. The fraction of sp³-hybridized carbons (Fsp3) is 0.375. The minimum absolute atomic E-state index is 0.0674. The monoisotopic (exact) mass is 317 g/mol. The van der Waals surface area contributed by atoms with E-state index in [0.29, 0.717) is 18.0 Å². The summed E-state index contributed by atoms with van der Waals surface area (Å²) in [6.07, 6.45) is 2.06. The third-order valence-corrected chi connectivity index (χ3v) is 4.60. The third-order valence-electron chi connectivity index (χ3n) is 3.66. The number of thioether (sulfide) groups is 1. The van der Waals surface area contributed by atoms with Gasteiger partial charge < -0.3 is 15.1 Å². The van der Waals surface area contributed by atoms with Crippen molar-refractivity contribution in [2.24, 2.45) is 5.73 Å². The van der Waals surface area contributed by atoms with Gasteiger partial charge in [-0.25, -0.2) is 4.98 Å². The summed E-state index contributed by atoms with van der Waals surface area (Å²) >= 11 is 1.86. The number of nitrogens with two attached hydrogens (primary N) is 1. The summed E-state index contributed by atoms with van der Waals surface area (Å²) in [7, 11) is 0. The number of aromatic nitrogens is 1. The van der Waals surface area contributed by atoms with Crippen molar-refractivity contribution in [3.05, 3.63) is 53.7 Å². The lowest BCUT2D eigenvalue weighted by molar-refractivity contribution is 0.0766. The molecule has 3 rings (SSSR count). The Labute approximate surface area is 133 Å². The van der Waals surface area contributed by atoms with E-state index < -0.39 is 0 Å². The van der Waals surface area contributed by atoms with Crippen molar-refractivity contribution in [1.29, 1.82) is 0 Å². The first-order chi connectivity index (χ1) is 10.7. The van der Waals surface area contributed by atoms with Crippen LogP contribution in [0.15, 0.2) is 41.0 Å². The zero-order valence-corrected chi connectivity index (χ0v) is 13.1. The third kappa shape index (κ3) is 3.51. The van der Waals surface area contributed by atoms with Gasteiger partial charge in [-0.3, -0.25) is 4.79 Å². The van der Waals surface area contributed by atoms with Crippen molar-refractivity contribution in [3.8, 4) is 0 Å². The molecule has 2 N–H and O–H groups in total. The van der Waals surface area contributed by atoms with Gasteiger partial charge >= 0.3 is 0 Å². The molecule has 6 heteroatoms. The van der Waals surface area contributed by atoms with Crippen molar-refractivity contribution in [2.75, 3.05) is 24.6 Å². The first-order valence-corrected chi connectivity index (χ1v) is 8.51. The Morgan fingerprint density at radius 1 is 1.32 bits per heavy atom. The van der Waals surface area contributed by atoms with Crippen LogP contribution >= 0.6 is 11.8 Å². The Kier molecular flexibility index (Phi) is 4.80. The van der Waals surface area contributed by atoms with Crippen LogP contribution in [0.2, 0.25) is 0 Å². The van der Waals surface area contributed by atoms with Gasteiger partial charge in [0.15, 0.2) is 5.69 Å². The van der Waals surface area contributed by atoms with Crippen LogP contribution in [0.3, 0.4) is 0 Å². The molecule has 5 nitrogen and oxygen atoms in total. The fourth-order valence-electron chi connectivity index (χ4n) is 2.44. The molecular formula is C16H19N3O2S. The lowest BCUT2D eigenvalue weighted by Crippen LogP contribution is -2.38. The Morgan fingerprint density at radius 2 is 2.05 bits per heavy atom. The van der Waals surface area contributed by atoms with E-state index in [4.69, 9.17) is 10.2 Å². The van der Waals surface area contributed by atoms with Gasteiger partial charge in [-0.2, -0.15) is 11.8 Å². The summed E-state index contributed by atoms with van der Waals surface area (Å²) in [4.78, 5) is 18.5. The quantitative estimate of drug-likeness (QED) is 0.935. The highest BCUT2D eigenvalue weighted by Gasteiger charge is 2.23. The number of nitrogens with zero attached hydrogens (tertiary/aromatic N) is 2. The molecule has 1 aromatic heterocycles. The molecule has 0 saturated carbocycles. The summed E-state index contributed by atoms with van der Waals surface area (Å²) in [5.41, 5.74) is 7.61. The predicted octanol–water partition coefficient (Wildman–Crippen LogP) is 2.11. The van der Waals surface area contributed by atoms with E-state index in [9.17, 15) is 4.79 Å². The standard InChI is InChI=1S/C16H19N3O2S/c17-13(10-12-4-2-1-3-5-12)15-18-14(11-21-15)16(20)19-6-8-22-9-7-19/h1-5,11,13H,6-10,17H2. The maximum Gasteiger partial charge on any atom is 0.275 e.